The minimum atomic E-state index is -0.155. The van der Waals surface area contributed by atoms with E-state index in [0.717, 1.165) is 166 Å². The summed E-state index contributed by atoms with van der Waals surface area (Å²) in [5.74, 6) is 0. The molecule has 16 rings (SSSR count). The first-order valence-electron chi connectivity index (χ1n) is 37.6. The Hall–Kier alpha value is -9.92. The summed E-state index contributed by atoms with van der Waals surface area (Å²) in [4.78, 5) is 40.5. The van der Waals surface area contributed by atoms with E-state index in [4.69, 9.17) is 19.9 Å². The molecule has 104 heavy (non-hydrogen) atoms. The summed E-state index contributed by atoms with van der Waals surface area (Å²) >= 11 is 0. The molecule has 6 aromatic carbocycles. The van der Waals surface area contributed by atoms with Crippen molar-refractivity contribution in [2.24, 2.45) is 0 Å². The Morgan fingerprint density at radius 1 is 0.240 bits per heavy atom. The van der Waals surface area contributed by atoms with Gasteiger partial charge in [0.15, 0.2) is 0 Å². The normalized spacial score (nSPS) is 13.9. The number of fused-ring (bicyclic) bond motifs is 14. The number of nitrogens with zero attached hydrogens (tertiary/aromatic N) is 4. The minimum Gasteiger partial charge on any atom is -0.355 e. The highest BCUT2D eigenvalue weighted by Crippen LogP contribution is 2.51. The van der Waals surface area contributed by atoms with Crippen LogP contribution in [-0.4, -0.2) is 39.9 Å². The fraction of sp³-hybridized carbons (Fsp3) is 0.333. The van der Waals surface area contributed by atoms with E-state index in [1.54, 1.807) is 0 Å². The van der Waals surface area contributed by atoms with Gasteiger partial charge in [-0.2, -0.15) is 0 Å². The molecule has 10 heterocycles. The van der Waals surface area contributed by atoms with Crippen LogP contribution in [0.4, 0.5) is 0 Å². The van der Waals surface area contributed by atoms with Crippen LogP contribution in [-0.2, 0) is 43.3 Å². The van der Waals surface area contributed by atoms with Crippen molar-refractivity contribution in [1.82, 2.24) is 39.9 Å². The van der Waals surface area contributed by atoms with Crippen LogP contribution in [0.15, 0.2) is 133 Å². The first-order chi connectivity index (χ1) is 48.5. The van der Waals surface area contributed by atoms with E-state index in [9.17, 15) is 0 Å². The van der Waals surface area contributed by atoms with E-state index in [1.165, 1.54) is 44.5 Å². The van der Waals surface area contributed by atoms with Crippen molar-refractivity contribution in [3.63, 3.8) is 0 Å². The smallest absolute Gasteiger partial charge is 0.0818 e. The van der Waals surface area contributed by atoms with Crippen LogP contribution in [0.25, 0.3) is 167 Å². The van der Waals surface area contributed by atoms with Gasteiger partial charge in [0.1, 0.15) is 0 Å². The third-order valence-electron chi connectivity index (χ3n) is 22.2. The van der Waals surface area contributed by atoms with Crippen LogP contribution in [0, 0.1) is 0 Å². The van der Waals surface area contributed by atoms with E-state index in [-0.39, 0.29) is 43.3 Å². The minimum absolute atomic E-state index is 0.155. The molecule has 0 radical (unpaired) electrons. The molecule has 0 unspecified atom stereocenters. The second-order valence-electron chi connectivity index (χ2n) is 38.7. The van der Waals surface area contributed by atoms with Crippen molar-refractivity contribution < 1.29 is 0 Å². The maximum Gasteiger partial charge on any atom is 0.0818 e. The topological polar surface area (TPSA) is 115 Å². The maximum atomic E-state index is 6.23. The average molecular weight is 1370 g/mol. The van der Waals surface area contributed by atoms with Gasteiger partial charge in [-0.1, -0.05) is 239 Å². The molecule has 0 aliphatic carbocycles. The van der Waals surface area contributed by atoms with Crippen molar-refractivity contribution in [2.75, 3.05) is 0 Å². The number of nitrogens with one attached hydrogen (secondary N) is 4. The molecule has 14 aromatic rings. The molecule has 0 fully saturated rings. The lowest BCUT2D eigenvalue weighted by Gasteiger charge is -2.26. The molecule has 8 aromatic heterocycles. The molecule has 526 valence electrons. The Labute approximate surface area is 613 Å². The number of H-pyrrole nitrogens is 4. The Kier molecular flexibility index (Phi) is 15.0. The highest BCUT2D eigenvalue weighted by molar-refractivity contribution is 6.39. The standard InChI is InChI=1S/C96H102N8/c1-89(2,3)55-33-51(34-56(41-55)90(4,5)6)79-71-29-25-63(97-71)45-64-26-30-72(98-64)81(53-37-59(93(13,14)15)43-60(38-53)94(16,17)18)77-49-69-70-50-78-82(54-39-61(95(19,20)21)44-62(40-54)96(22,23)24)74-32-28-66(100-74)46-65-27-31-73(99-65)80(52-35-57(91(7,8)9)42-58(36-52)92(10,11)12)76-48-68-67-47-75(79)101-85(67)83(87(69)103-77)84(86(68)102-76)88(70)104-78/h25-50,97,100,102-103H,1-24H3. The van der Waals surface area contributed by atoms with Gasteiger partial charge in [-0.25, -0.2) is 19.9 Å². The van der Waals surface area contributed by atoms with Crippen LogP contribution in [0.3, 0.4) is 0 Å². The Balaban J connectivity index is 1.20. The van der Waals surface area contributed by atoms with Crippen LogP contribution >= 0.6 is 0 Å². The van der Waals surface area contributed by atoms with E-state index >= 15 is 0 Å². The Bertz CT molecular complexity index is 5710. The third kappa shape index (κ3) is 11.8. The number of aromatic amines is 4. The van der Waals surface area contributed by atoms with Crippen molar-refractivity contribution in [2.45, 2.75) is 209 Å². The van der Waals surface area contributed by atoms with Gasteiger partial charge < -0.3 is 19.9 Å². The largest absolute Gasteiger partial charge is 0.355 e. The molecule has 0 atom stereocenters. The predicted molar refractivity (Wildman–Crippen MR) is 448 cm³/mol. The van der Waals surface area contributed by atoms with Gasteiger partial charge in [-0.15, -0.1) is 0 Å². The molecule has 2 aliphatic rings. The zero-order valence-corrected chi connectivity index (χ0v) is 65.8. The number of hydrogen-bond donors (Lipinski definition) is 4. The highest BCUT2D eigenvalue weighted by atomic mass is 14.8. The first kappa shape index (κ1) is 68.5. The summed E-state index contributed by atoms with van der Waals surface area (Å²) < 4.78 is 0. The molecule has 0 saturated heterocycles. The van der Waals surface area contributed by atoms with Gasteiger partial charge >= 0.3 is 0 Å². The lowest BCUT2D eigenvalue weighted by atomic mass is 9.78. The van der Waals surface area contributed by atoms with Gasteiger partial charge in [0, 0.05) is 87.7 Å². The van der Waals surface area contributed by atoms with E-state index in [0.29, 0.717) is 0 Å². The number of benzene rings is 6. The molecule has 8 nitrogen and oxygen atoms in total. The van der Waals surface area contributed by atoms with Crippen molar-refractivity contribution >= 4 is 123 Å². The number of aromatic nitrogens is 8. The number of rotatable bonds is 4. The fourth-order valence-electron chi connectivity index (χ4n) is 15.7. The zero-order valence-electron chi connectivity index (χ0n) is 65.8. The third-order valence-corrected chi connectivity index (χ3v) is 22.2. The van der Waals surface area contributed by atoms with E-state index in [2.05, 4.69) is 344 Å². The quantitative estimate of drug-likeness (QED) is 0.141. The second kappa shape index (κ2) is 22.8. The van der Waals surface area contributed by atoms with Crippen molar-refractivity contribution in [1.29, 1.82) is 0 Å². The molecule has 0 spiro atoms. The average Bonchev–Trinajstić information content (AvgIpc) is 1.52. The molecule has 8 heteroatoms. The Morgan fingerprint density at radius 3 is 0.798 bits per heavy atom. The SMILES string of the molecule is CC(C)(C)c1cc(-c2c3nc(cc4ccc([nH]4)c(-c4cc(C(C)(C)C)cc(C(C)(C)C)c4)c4cc5c6cc7[nH]c6c6c8nc(cc8c8cc2[nH]c8c6c5n4)c(-c2cc(C(C)(C)C)cc(C(C)(C)C)c2)c2ccc(cc4nc(c7-c5cc(C(C)(C)C)cc(C(C)(C)C)c5)C=C4)[nH]2)C=C3)cc(C(C)(C)C)c1. The van der Waals surface area contributed by atoms with Crippen molar-refractivity contribution in [3.05, 3.63) is 201 Å². The van der Waals surface area contributed by atoms with Gasteiger partial charge in [-0.3, -0.25) is 0 Å². The monoisotopic (exact) mass is 1370 g/mol. The summed E-state index contributed by atoms with van der Waals surface area (Å²) in [6, 6.07) is 51.9. The summed E-state index contributed by atoms with van der Waals surface area (Å²) in [5, 5.41) is 6.17. The molecule has 0 amide bonds. The van der Waals surface area contributed by atoms with E-state index < -0.39 is 0 Å². The summed E-state index contributed by atoms with van der Waals surface area (Å²) in [5.41, 5.74) is 32.2. The van der Waals surface area contributed by atoms with Crippen LogP contribution in [0.2, 0.25) is 0 Å². The van der Waals surface area contributed by atoms with Crippen molar-refractivity contribution in [3.8, 4) is 44.5 Å². The zero-order chi connectivity index (χ0) is 74.0. The summed E-state index contributed by atoms with van der Waals surface area (Å²) in [7, 11) is 0. The fourth-order valence-corrected chi connectivity index (χ4v) is 15.7. The van der Waals surface area contributed by atoms with Gasteiger partial charge in [0.25, 0.3) is 0 Å². The van der Waals surface area contributed by atoms with Crippen LogP contribution in [0.5, 0.6) is 0 Å². The van der Waals surface area contributed by atoms with Gasteiger partial charge in [0.05, 0.1) is 55.9 Å². The lowest BCUT2D eigenvalue weighted by Crippen LogP contribution is -2.16. The van der Waals surface area contributed by atoms with Crippen LogP contribution in [0.1, 0.15) is 233 Å². The molecule has 16 bridgehead atoms. The molecule has 0 saturated carbocycles. The maximum absolute atomic E-state index is 6.23. The Morgan fingerprint density at radius 2 is 0.519 bits per heavy atom. The van der Waals surface area contributed by atoms with Crippen LogP contribution < -0.4 is 0 Å². The lowest BCUT2D eigenvalue weighted by molar-refractivity contribution is 0.568. The summed E-state index contributed by atoms with van der Waals surface area (Å²) in [6.07, 6.45) is 8.79. The molecule has 2 aliphatic heterocycles. The molecular formula is C96H102N8. The first-order valence-corrected chi connectivity index (χ1v) is 37.6. The van der Waals surface area contributed by atoms with Gasteiger partial charge in [-0.05, 0) is 195 Å². The highest BCUT2D eigenvalue weighted by Gasteiger charge is 2.31. The summed E-state index contributed by atoms with van der Waals surface area (Å²) in [6.45, 7) is 55.8. The van der Waals surface area contributed by atoms with Gasteiger partial charge in [0.2, 0.25) is 0 Å². The number of hydrogen-bond acceptors (Lipinski definition) is 4. The molecular weight excluding hydrogens is 1270 g/mol. The molecule has 4 N–H and O–H groups in total. The second-order valence-corrected chi connectivity index (χ2v) is 38.7. The predicted octanol–water partition coefficient (Wildman–Crippen LogP) is 26.7. The van der Waals surface area contributed by atoms with E-state index in [1.807, 2.05) is 0 Å².